The molecule has 1 aromatic carbocycles. The number of likely N-dealkylation sites (tertiary alicyclic amines) is 1. The van der Waals surface area contributed by atoms with E-state index < -0.39 is 5.97 Å². The second-order valence-corrected chi connectivity index (χ2v) is 8.99. The SMILES string of the molecule is C=C1[C@@H]2CCC[C@@]1(COC(=O)c1ccccc1N1C(=O)C[C@H](C)C1=O)CN(CC)C2. The zero-order chi connectivity index (χ0) is 21.5. The summed E-state index contributed by atoms with van der Waals surface area (Å²) in [7, 11) is 0. The molecule has 1 aromatic rings. The smallest absolute Gasteiger partial charge is 0.340 e. The third kappa shape index (κ3) is 3.47. The average molecular weight is 411 g/mol. The summed E-state index contributed by atoms with van der Waals surface area (Å²) in [5.74, 6) is -0.956. The van der Waals surface area contributed by atoms with E-state index in [2.05, 4.69) is 18.4 Å². The Morgan fingerprint density at radius 3 is 2.77 bits per heavy atom. The molecule has 2 amide bonds. The summed E-state index contributed by atoms with van der Waals surface area (Å²) in [5, 5.41) is 0. The number of para-hydroxylation sites is 1. The number of amides is 2. The first kappa shape index (κ1) is 20.8. The van der Waals surface area contributed by atoms with Gasteiger partial charge in [0.25, 0.3) is 0 Å². The number of rotatable bonds is 5. The van der Waals surface area contributed by atoms with E-state index in [1.54, 1.807) is 31.2 Å². The minimum atomic E-state index is -0.497. The summed E-state index contributed by atoms with van der Waals surface area (Å²) in [6.45, 7) is 11.4. The number of esters is 1. The van der Waals surface area contributed by atoms with Crippen LogP contribution in [0.25, 0.3) is 0 Å². The molecule has 1 saturated carbocycles. The predicted octanol–water partition coefficient (Wildman–Crippen LogP) is 3.42. The van der Waals surface area contributed by atoms with E-state index in [1.807, 2.05) is 0 Å². The minimum absolute atomic E-state index is 0.166. The number of hydrogen-bond acceptors (Lipinski definition) is 5. The zero-order valence-corrected chi connectivity index (χ0v) is 17.9. The second-order valence-electron chi connectivity index (χ2n) is 8.99. The van der Waals surface area contributed by atoms with Crippen LogP contribution < -0.4 is 4.90 Å². The summed E-state index contributed by atoms with van der Waals surface area (Å²) in [6, 6.07) is 6.71. The standard InChI is InChI=1S/C24H30N2O4/c1-4-25-13-18-8-7-11-24(14-25,17(18)3)15-30-23(29)19-9-5-6-10-20(19)26-21(27)12-16(2)22(26)28/h5-6,9-10,16,18H,3-4,7-8,11-15H2,1-2H3/t16-,18+,24-/m0/s1. The van der Waals surface area contributed by atoms with Crippen LogP contribution in [0, 0.1) is 17.3 Å². The molecular formula is C24H30N2O4. The summed E-state index contributed by atoms with van der Waals surface area (Å²) < 4.78 is 5.83. The van der Waals surface area contributed by atoms with Gasteiger partial charge < -0.3 is 9.64 Å². The van der Waals surface area contributed by atoms with Crippen LogP contribution in [-0.2, 0) is 14.3 Å². The highest BCUT2D eigenvalue weighted by Crippen LogP contribution is 2.47. The maximum atomic E-state index is 13.1. The van der Waals surface area contributed by atoms with Gasteiger partial charge in [-0.3, -0.25) is 9.59 Å². The molecule has 30 heavy (non-hydrogen) atoms. The lowest BCUT2D eigenvalue weighted by molar-refractivity contribution is -0.122. The molecule has 0 spiro atoms. The first-order chi connectivity index (χ1) is 14.4. The molecule has 3 atom stereocenters. The fraction of sp³-hybridized carbons (Fsp3) is 0.542. The Balaban J connectivity index is 1.55. The number of imide groups is 1. The molecule has 6 nitrogen and oxygen atoms in total. The number of nitrogens with zero attached hydrogens (tertiary/aromatic N) is 2. The van der Waals surface area contributed by atoms with Gasteiger partial charge in [0.1, 0.15) is 6.61 Å². The third-order valence-corrected chi connectivity index (χ3v) is 7.05. The molecule has 4 rings (SSSR count). The monoisotopic (exact) mass is 410 g/mol. The highest BCUT2D eigenvalue weighted by Gasteiger charge is 2.46. The van der Waals surface area contributed by atoms with Gasteiger partial charge in [0.05, 0.1) is 11.3 Å². The Morgan fingerprint density at radius 2 is 2.07 bits per heavy atom. The average Bonchev–Trinajstić information content (AvgIpc) is 2.98. The van der Waals surface area contributed by atoms with E-state index in [9.17, 15) is 14.4 Å². The maximum absolute atomic E-state index is 13.1. The number of carbonyl (C=O) groups is 3. The number of piperidine rings is 1. The van der Waals surface area contributed by atoms with Crippen LogP contribution in [0.5, 0.6) is 0 Å². The minimum Gasteiger partial charge on any atom is -0.461 e. The summed E-state index contributed by atoms with van der Waals surface area (Å²) >= 11 is 0. The molecular weight excluding hydrogens is 380 g/mol. The van der Waals surface area contributed by atoms with Crippen molar-refractivity contribution < 1.29 is 19.1 Å². The molecule has 2 bridgehead atoms. The van der Waals surface area contributed by atoms with Crippen LogP contribution in [0.4, 0.5) is 5.69 Å². The second kappa shape index (κ2) is 7.99. The Labute approximate surface area is 177 Å². The largest absolute Gasteiger partial charge is 0.461 e. The molecule has 3 fully saturated rings. The van der Waals surface area contributed by atoms with Crippen molar-refractivity contribution in [3.05, 3.63) is 42.0 Å². The van der Waals surface area contributed by atoms with Gasteiger partial charge in [-0.1, -0.05) is 44.6 Å². The predicted molar refractivity (Wildman–Crippen MR) is 114 cm³/mol. The van der Waals surface area contributed by atoms with Crippen molar-refractivity contribution in [2.24, 2.45) is 17.3 Å². The number of benzene rings is 1. The Kier molecular flexibility index (Phi) is 5.53. The number of ether oxygens (including phenoxy) is 1. The quantitative estimate of drug-likeness (QED) is 0.423. The summed E-state index contributed by atoms with van der Waals surface area (Å²) in [6.07, 6.45) is 3.39. The van der Waals surface area contributed by atoms with Crippen LogP contribution in [0.3, 0.4) is 0 Å². The molecule has 1 aliphatic carbocycles. The Hall–Kier alpha value is -2.47. The lowest BCUT2D eigenvalue weighted by Gasteiger charge is -2.51. The molecule has 2 saturated heterocycles. The normalized spacial score (nSPS) is 29.4. The molecule has 0 aromatic heterocycles. The topological polar surface area (TPSA) is 66.9 Å². The van der Waals surface area contributed by atoms with Crippen LogP contribution in [0.2, 0.25) is 0 Å². The zero-order valence-electron chi connectivity index (χ0n) is 17.9. The summed E-state index contributed by atoms with van der Waals surface area (Å²) in [4.78, 5) is 41.5. The summed E-state index contributed by atoms with van der Waals surface area (Å²) in [5.41, 5.74) is 1.57. The van der Waals surface area contributed by atoms with E-state index in [-0.39, 0.29) is 41.7 Å². The molecule has 0 radical (unpaired) electrons. The van der Waals surface area contributed by atoms with Crippen molar-refractivity contribution in [1.82, 2.24) is 4.90 Å². The van der Waals surface area contributed by atoms with Gasteiger partial charge in [0, 0.05) is 30.8 Å². The maximum Gasteiger partial charge on any atom is 0.340 e. The van der Waals surface area contributed by atoms with E-state index in [0.29, 0.717) is 11.6 Å². The van der Waals surface area contributed by atoms with Crippen LogP contribution in [-0.4, -0.2) is 48.9 Å². The van der Waals surface area contributed by atoms with Crippen molar-refractivity contribution in [1.29, 1.82) is 0 Å². The number of fused-ring (bicyclic) bond motifs is 2. The number of hydrogen-bond donors (Lipinski definition) is 0. The highest BCUT2D eigenvalue weighted by molar-refractivity contribution is 6.22. The fourth-order valence-electron chi connectivity index (χ4n) is 5.25. The lowest BCUT2D eigenvalue weighted by Crippen LogP contribution is -2.53. The van der Waals surface area contributed by atoms with E-state index in [1.165, 1.54) is 5.57 Å². The van der Waals surface area contributed by atoms with Gasteiger partial charge in [-0.2, -0.15) is 0 Å². The van der Waals surface area contributed by atoms with Crippen LogP contribution in [0.1, 0.15) is 49.9 Å². The highest BCUT2D eigenvalue weighted by atomic mass is 16.5. The molecule has 2 heterocycles. The van der Waals surface area contributed by atoms with E-state index >= 15 is 0 Å². The van der Waals surface area contributed by atoms with Gasteiger partial charge in [-0.15, -0.1) is 0 Å². The number of carbonyl (C=O) groups excluding carboxylic acids is 3. The Morgan fingerprint density at radius 1 is 1.30 bits per heavy atom. The Bertz CT molecular complexity index is 895. The number of anilines is 1. The van der Waals surface area contributed by atoms with E-state index in [4.69, 9.17) is 4.74 Å². The van der Waals surface area contributed by atoms with Crippen LogP contribution in [0.15, 0.2) is 36.4 Å². The van der Waals surface area contributed by atoms with Crippen molar-refractivity contribution >= 4 is 23.5 Å². The molecule has 3 aliphatic rings. The van der Waals surface area contributed by atoms with Crippen molar-refractivity contribution in [3.8, 4) is 0 Å². The van der Waals surface area contributed by atoms with Crippen molar-refractivity contribution in [2.75, 3.05) is 31.1 Å². The first-order valence-electron chi connectivity index (χ1n) is 10.9. The molecule has 6 heteroatoms. The molecule has 160 valence electrons. The van der Waals surface area contributed by atoms with Gasteiger partial charge in [0.15, 0.2) is 0 Å². The van der Waals surface area contributed by atoms with Crippen molar-refractivity contribution in [2.45, 2.75) is 39.5 Å². The molecule has 2 aliphatic heterocycles. The molecule has 0 unspecified atom stereocenters. The van der Waals surface area contributed by atoms with Gasteiger partial charge in [-0.25, -0.2) is 9.69 Å². The van der Waals surface area contributed by atoms with E-state index in [0.717, 1.165) is 43.8 Å². The van der Waals surface area contributed by atoms with Gasteiger partial charge >= 0.3 is 5.97 Å². The molecule has 0 N–H and O–H groups in total. The van der Waals surface area contributed by atoms with Gasteiger partial charge in [0.2, 0.25) is 11.8 Å². The fourth-order valence-corrected chi connectivity index (χ4v) is 5.25. The van der Waals surface area contributed by atoms with Gasteiger partial charge in [-0.05, 0) is 37.4 Å². The first-order valence-corrected chi connectivity index (χ1v) is 10.9. The van der Waals surface area contributed by atoms with Crippen molar-refractivity contribution in [3.63, 3.8) is 0 Å². The third-order valence-electron chi connectivity index (χ3n) is 7.05. The van der Waals surface area contributed by atoms with Crippen LogP contribution >= 0.6 is 0 Å². The lowest BCUT2D eigenvalue weighted by atomic mass is 9.64.